The van der Waals surface area contributed by atoms with Gasteiger partial charge in [-0.25, -0.2) is 0 Å². The lowest BCUT2D eigenvalue weighted by Crippen LogP contribution is -2.48. The van der Waals surface area contributed by atoms with Crippen molar-refractivity contribution in [1.29, 1.82) is 0 Å². The predicted octanol–water partition coefficient (Wildman–Crippen LogP) is 4.02. The molecule has 14 heavy (non-hydrogen) atoms. The summed E-state index contributed by atoms with van der Waals surface area (Å²) in [5.41, 5.74) is 0.172. The Morgan fingerprint density at radius 3 is 2.21 bits per heavy atom. The lowest BCUT2D eigenvalue weighted by molar-refractivity contribution is -0.170. The van der Waals surface area contributed by atoms with Crippen LogP contribution < -0.4 is 0 Å². The molecule has 0 amide bonds. The molecule has 2 unspecified atom stereocenters. The Balaban J connectivity index is 2.81. The Morgan fingerprint density at radius 1 is 1.21 bits per heavy atom. The summed E-state index contributed by atoms with van der Waals surface area (Å²) < 4.78 is 6.25. The molecule has 1 saturated heterocycles. The molecular weight excluding hydrogens is 172 g/mol. The number of ether oxygens (including phenoxy) is 1. The molecule has 0 aromatic carbocycles. The normalized spacial score (nSPS) is 32.1. The van der Waals surface area contributed by atoms with Crippen LogP contribution in [0.2, 0.25) is 0 Å². The van der Waals surface area contributed by atoms with Crippen LogP contribution in [0.15, 0.2) is 0 Å². The molecule has 1 aliphatic rings. The van der Waals surface area contributed by atoms with Crippen molar-refractivity contribution in [2.24, 2.45) is 11.8 Å². The third kappa shape index (κ3) is 2.13. The first-order valence-electron chi connectivity index (χ1n) is 6.23. The molecule has 1 nitrogen and oxygen atoms in total. The second kappa shape index (κ2) is 4.65. The molecule has 1 heterocycles. The maximum atomic E-state index is 6.25. The average Bonchev–Trinajstić information content (AvgIpc) is 2.16. The monoisotopic (exact) mass is 198 g/mol. The van der Waals surface area contributed by atoms with Crippen molar-refractivity contribution >= 4 is 0 Å². The SMILES string of the molecule is CCC1(CC)OC(C)CCC1C(C)C. The quantitative estimate of drug-likeness (QED) is 0.665. The standard InChI is InChI=1S/C13H26O/c1-6-13(7-2)12(10(3)4)9-8-11(5)14-13/h10-12H,6-9H2,1-5H3. The lowest BCUT2D eigenvalue weighted by atomic mass is 9.71. The molecule has 0 N–H and O–H groups in total. The first kappa shape index (κ1) is 12.0. The lowest BCUT2D eigenvalue weighted by Gasteiger charge is -2.47. The van der Waals surface area contributed by atoms with Crippen molar-refractivity contribution in [2.75, 3.05) is 0 Å². The minimum absolute atomic E-state index is 0.172. The molecule has 1 aliphatic heterocycles. The van der Waals surface area contributed by atoms with E-state index >= 15 is 0 Å². The van der Waals surface area contributed by atoms with Gasteiger partial charge in [0.1, 0.15) is 0 Å². The van der Waals surface area contributed by atoms with Gasteiger partial charge in [-0.05, 0) is 44.4 Å². The number of hydrogen-bond donors (Lipinski definition) is 0. The first-order valence-corrected chi connectivity index (χ1v) is 6.23. The van der Waals surface area contributed by atoms with Crippen LogP contribution in [0.25, 0.3) is 0 Å². The third-order valence-corrected chi connectivity index (χ3v) is 4.00. The molecule has 1 fully saturated rings. The van der Waals surface area contributed by atoms with Crippen LogP contribution in [0.4, 0.5) is 0 Å². The van der Waals surface area contributed by atoms with Crippen molar-refractivity contribution in [3.05, 3.63) is 0 Å². The minimum atomic E-state index is 0.172. The Kier molecular flexibility index (Phi) is 4.00. The molecule has 2 atom stereocenters. The highest BCUT2D eigenvalue weighted by Gasteiger charge is 2.42. The maximum absolute atomic E-state index is 6.25. The zero-order valence-corrected chi connectivity index (χ0v) is 10.5. The second-order valence-corrected chi connectivity index (χ2v) is 5.13. The average molecular weight is 198 g/mol. The van der Waals surface area contributed by atoms with Gasteiger partial charge in [0.2, 0.25) is 0 Å². The van der Waals surface area contributed by atoms with Gasteiger partial charge in [-0.3, -0.25) is 0 Å². The molecule has 84 valence electrons. The second-order valence-electron chi connectivity index (χ2n) is 5.13. The highest BCUT2D eigenvalue weighted by atomic mass is 16.5. The van der Waals surface area contributed by atoms with Gasteiger partial charge in [0.05, 0.1) is 11.7 Å². The summed E-state index contributed by atoms with van der Waals surface area (Å²) in [6, 6.07) is 0. The van der Waals surface area contributed by atoms with E-state index in [0.29, 0.717) is 6.10 Å². The molecule has 1 rings (SSSR count). The van der Waals surface area contributed by atoms with Crippen LogP contribution in [0.3, 0.4) is 0 Å². The molecule has 0 radical (unpaired) electrons. The highest BCUT2D eigenvalue weighted by molar-refractivity contribution is 4.92. The summed E-state index contributed by atoms with van der Waals surface area (Å²) in [5, 5.41) is 0. The molecular formula is C13H26O. The van der Waals surface area contributed by atoms with Gasteiger partial charge < -0.3 is 4.74 Å². The topological polar surface area (TPSA) is 9.23 Å². The molecule has 0 aromatic rings. The van der Waals surface area contributed by atoms with Crippen molar-refractivity contribution in [1.82, 2.24) is 0 Å². The van der Waals surface area contributed by atoms with E-state index in [0.717, 1.165) is 24.7 Å². The van der Waals surface area contributed by atoms with Crippen LogP contribution in [-0.4, -0.2) is 11.7 Å². The number of rotatable bonds is 3. The van der Waals surface area contributed by atoms with Crippen LogP contribution in [-0.2, 0) is 4.74 Å². The van der Waals surface area contributed by atoms with Gasteiger partial charge >= 0.3 is 0 Å². The van der Waals surface area contributed by atoms with E-state index in [-0.39, 0.29) is 5.60 Å². The van der Waals surface area contributed by atoms with Crippen LogP contribution in [0.5, 0.6) is 0 Å². The van der Waals surface area contributed by atoms with Gasteiger partial charge in [-0.2, -0.15) is 0 Å². The molecule has 0 spiro atoms. The Bertz CT molecular complexity index is 170. The largest absolute Gasteiger partial charge is 0.372 e. The first-order chi connectivity index (χ1) is 6.55. The van der Waals surface area contributed by atoms with Crippen LogP contribution in [0.1, 0.15) is 60.3 Å². The summed E-state index contributed by atoms with van der Waals surface area (Å²) in [5.74, 6) is 1.51. The van der Waals surface area contributed by atoms with Gasteiger partial charge in [0.25, 0.3) is 0 Å². The zero-order valence-electron chi connectivity index (χ0n) is 10.5. The van der Waals surface area contributed by atoms with E-state index in [9.17, 15) is 0 Å². The van der Waals surface area contributed by atoms with Crippen molar-refractivity contribution in [2.45, 2.75) is 72.0 Å². The minimum Gasteiger partial charge on any atom is -0.372 e. The molecule has 0 saturated carbocycles. The van der Waals surface area contributed by atoms with E-state index in [1.165, 1.54) is 12.8 Å². The Morgan fingerprint density at radius 2 is 1.79 bits per heavy atom. The van der Waals surface area contributed by atoms with Crippen molar-refractivity contribution in [3.8, 4) is 0 Å². The summed E-state index contributed by atoms with van der Waals surface area (Å²) in [4.78, 5) is 0. The fraction of sp³-hybridized carbons (Fsp3) is 1.00. The molecule has 1 heteroatoms. The van der Waals surface area contributed by atoms with Gasteiger partial charge in [-0.1, -0.05) is 27.7 Å². The van der Waals surface area contributed by atoms with Crippen molar-refractivity contribution in [3.63, 3.8) is 0 Å². The Labute approximate surface area is 89.2 Å². The fourth-order valence-corrected chi connectivity index (χ4v) is 3.11. The highest BCUT2D eigenvalue weighted by Crippen LogP contribution is 2.42. The van der Waals surface area contributed by atoms with E-state index in [4.69, 9.17) is 4.74 Å². The summed E-state index contributed by atoms with van der Waals surface area (Å²) in [6.07, 6.45) is 5.38. The van der Waals surface area contributed by atoms with Gasteiger partial charge in [-0.15, -0.1) is 0 Å². The smallest absolute Gasteiger partial charge is 0.0711 e. The summed E-state index contributed by atoms with van der Waals surface area (Å²) in [7, 11) is 0. The van der Waals surface area contributed by atoms with Crippen molar-refractivity contribution < 1.29 is 4.74 Å². The third-order valence-electron chi connectivity index (χ3n) is 4.00. The van der Waals surface area contributed by atoms with Crippen LogP contribution in [0, 0.1) is 11.8 Å². The maximum Gasteiger partial charge on any atom is 0.0711 e. The zero-order chi connectivity index (χ0) is 10.8. The van der Waals surface area contributed by atoms with E-state index < -0.39 is 0 Å². The molecule has 0 bridgehead atoms. The summed E-state index contributed by atoms with van der Waals surface area (Å²) >= 11 is 0. The predicted molar refractivity (Wildman–Crippen MR) is 61.4 cm³/mol. The Hall–Kier alpha value is -0.0400. The summed E-state index contributed by atoms with van der Waals surface area (Å²) in [6.45, 7) is 11.4. The van der Waals surface area contributed by atoms with E-state index in [2.05, 4.69) is 34.6 Å². The van der Waals surface area contributed by atoms with Gasteiger partial charge in [0, 0.05) is 0 Å². The van der Waals surface area contributed by atoms with E-state index in [1.54, 1.807) is 0 Å². The molecule has 0 aromatic heterocycles. The molecule has 0 aliphatic carbocycles. The van der Waals surface area contributed by atoms with Gasteiger partial charge in [0.15, 0.2) is 0 Å². The van der Waals surface area contributed by atoms with E-state index in [1.807, 2.05) is 0 Å². The fourth-order valence-electron chi connectivity index (χ4n) is 3.11. The number of hydrogen-bond acceptors (Lipinski definition) is 1. The van der Waals surface area contributed by atoms with Crippen LogP contribution >= 0.6 is 0 Å².